The molecule has 3 nitrogen and oxygen atoms in total. The van der Waals surface area contributed by atoms with Gasteiger partial charge in [-0.2, -0.15) is 5.26 Å². The molecular weight excluding hydrogens is 222 g/mol. The molecule has 1 fully saturated rings. The summed E-state index contributed by atoms with van der Waals surface area (Å²) in [5.41, 5.74) is 8.13. The Bertz CT molecular complexity index is 461. The van der Waals surface area contributed by atoms with Crippen molar-refractivity contribution in [2.45, 2.75) is 38.6 Å². The first-order valence-electron chi connectivity index (χ1n) is 6.66. The SMILES string of the molecule is CC1CCCCC1N(C)c1ccc(C#N)c(N)c1. The second kappa shape index (κ2) is 5.30. The molecule has 0 bridgehead atoms. The lowest BCUT2D eigenvalue weighted by Crippen LogP contribution is -2.39. The van der Waals surface area contributed by atoms with Crippen molar-refractivity contribution < 1.29 is 0 Å². The molecule has 1 aliphatic rings. The summed E-state index contributed by atoms with van der Waals surface area (Å²) in [6.07, 6.45) is 5.21. The van der Waals surface area contributed by atoms with Crippen molar-refractivity contribution in [2.75, 3.05) is 17.7 Å². The number of nitrogens with zero attached hydrogens (tertiary/aromatic N) is 2. The molecule has 0 radical (unpaired) electrons. The quantitative estimate of drug-likeness (QED) is 0.812. The van der Waals surface area contributed by atoms with Gasteiger partial charge in [-0.1, -0.05) is 19.8 Å². The maximum atomic E-state index is 8.90. The van der Waals surface area contributed by atoms with Gasteiger partial charge in [0.05, 0.1) is 11.3 Å². The number of hydrogen-bond acceptors (Lipinski definition) is 3. The van der Waals surface area contributed by atoms with E-state index in [9.17, 15) is 0 Å². The third-order valence-corrected chi connectivity index (χ3v) is 4.13. The number of nitrogens with two attached hydrogens (primary N) is 1. The Hall–Kier alpha value is -1.69. The molecule has 0 saturated heterocycles. The molecule has 2 rings (SSSR count). The minimum Gasteiger partial charge on any atom is -0.398 e. The molecule has 0 heterocycles. The molecule has 2 unspecified atom stereocenters. The number of benzene rings is 1. The summed E-state index contributed by atoms with van der Waals surface area (Å²) in [4.78, 5) is 2.32. The summed E-state index contributed by atoms with van der Waals surface area (Å²) < 4.78 is 0. The van der Waals surface area contributed by atoms with Crippen LogP contribution in [0.25, 0.3) is 0 Å². The maximum Gasteiger partial charge on any atom is 0.101 e. The van der Waals surface area contributed by atoms with Gasteiger partial charge in [0, 0.05) is 18.8 Å². The molecule has 1 saturated carbocycles. The second-order valence-corrected chi connectivity index (χ2v) is 5.32. The van der Waals surface area contributed by atoms with Crippen LogP contribution in [0, 0.1) is 17.2 Å². The third kappa shape index (κ3) is 2.43. The van der Waals surface area contributed by atoms with Crippen LogP contribution in [0.2, 0.25) is 0 Å². The van der Waals surface area contributed by atoms with Gasteiger partial charge in [-0.05, 0) is 37.0 Å². The number of hydrogen-bond donors (Lipinski definition) is 1. The highest BCUT2D eigenvalue weighted by molar-refractivity contribution is 5.63. The van der Waals surface area contributed by atoms with Gasteiger partial charge in [-0.3, -0.25) is 0 Å². The highest BCUT2D eigenvalue weighted by Crippen LogP contribution is 2.31. The lowest BCUT2D eigenvalue weighted by molar-refractivity contribution is 0.321. The molecular formula is C15H21N3. The van der Waals surface area contributed by atoms with Gasteiger partial charge in [0.1, 0.15) is 6.07 Å². The third-order valence-electron chi connectivity index (χ3n) is 4.13. The van der Waals surface area contributed by atoms with Gasteiger partial charge in [0.15, 0.2) is 0 Å². The van der Waals surface area contributed by atoms with Crippen LogP contribution in [-0.2, 0) is 0 Å². The van der Waals surface area contributed by atoms with Gasteiger partial charge in [0.25, 0.3) is 0 Å². The van der Waals surface area contributed by atoms with E-state index in [1.54, 1.807) is 0 Å². The largest absolute Gasteiger partial charge is 0.398 e. The van der Waals surface area contributed by atoms with Crippen LogP contribution in [0.3, 0.4) is 0 Å². The number of nitriles is 1. The van der Waals surface area contributed by atoms with Gasteiger partial charge in [-0.25, -0.2) is 0 Å². The Morgan fingerprint density at radius 2 is 2.06 bits per heavy atom. The molecule has 1 aromatic carbocycles. The number of anilines is 2. The van der Waals surface area contributed by atoms with Gasteiger partial charge in [0.2, 0.25) is 0 Å². The maximum absolute atomic E-state index is 8.90. The van der Waals surface area contributed by atoms with E-state index in [2.05, 4.69) is 24.9 Å². The van der Waals surface area contributed by atoms with Crippen molar-refractivity contribution in [3.63, 3.8) is 0 Å². The van der Waals surface area contributed by atoms with E-state index < -0.39 is 0 Å². The summed E-state index contributed by atoms with van der Waals surface area (Å²) in [5.74, 6) is 0.723. The molecule has 0 aromatic heterocycles. The minimum atomic E-state index is 0.559. The highest BCUT2D eigenvalue weighted by atomic mass is 15.1. The first-order chi connectivity index (χ1) is 8.63. The summed E-state index contributed by atoms with van der Waals surface area (Å²) in [7, 11) is 2.13. The van der Waals surface area contributed by atoms with E-state index >= 15 is 0 Å². The Morgan fingerprint density at radius 1 is 1.33 bits per heavy atom. The fraction of sp³-hybridized carbons (Fsp3) is 0.533. The second-order valence-electron chi connectivity index (χ2n) is 5.32. The van der Waals surface area contributed by atoms with Crippen LogP contribution < -0.4 is 10.6 Å². The van der Waals surface area contributed by atoms with Crippen LogP contribution in [-0.4, -0.2) is 13.1 Å². The molecule has 1 aliphatic carbocycles. The average molecular weight is 243 g/mol. The predicted octanol–water partition coefficient (Wildman–Crippen LogP) is 3.16. The standard InChI is InChI=1S/C15H21N3/c1-11-5-3-4-6-15(11)18(2)13-8-7-12(10-16)14(17)9-13/h7-9,11,15H,3-6,17H2,1-2H3. The topological polar surface area (TPSA) is 53.0 Å². The van der Waals surface area contributed by atoms with E-state index in [0.717, 1.165) is 11.6 Å². The summed E-state index contributed by atoms with van der Waals surface area (Å²) in [6.45, 7) is 2.33. The zero-order chi connectivity index (χ0) is 13.1. The Morgan fingerprint density at radius 3 is 2.67 bits per heavy atom. The van der Waals surface area contributed by atoms with E-state index in [0.29, 0.717) is 17.3 Å². The van der Waals surface area contributed by atoms with Crippen LogP contribution >= 0.6 is 0 Å². The van der Waals surface area contributed by atoms with E-state index in [1.165, 1.54) is 25.7 Å². The Kier molecular flexibility index (Phi) is 3.76. The van der Waals surface area contributed by atoms with Gasteiger partial charge >= 0.3 is 0 Å². The molecule has 0 aliphatic heterocycles. The molecule has 0 spiro atoms. The van der Waals surface area contributed by atoms with Crippen molar-refractivity contribution in [2.24, 2.45) is 5.92 Å². The minimum absolute atomic E-state index is 0.559. The van der Waals surface area contributed by atoms with E-state index in [1.807, 2.05) is 18.2 Å². The fourth-order valence-electron chi connectivity index (χ4n) is 2.93. The first-order valence-corrected chi connectivity index (χ1v) is 6.66. The van der Waals surface area contributed by atoms with Crippen LogP contribution in [0.5, 0.6) is 0 Å². The molecule has 1 aromatic rings. The predicted molar refractivity (Wildman–Crippen MR) is 75.4 cm³/mol. The van der Waals surface area contributed by atoms with Crippen molar-refractivity contribution in [1.29, 1.82) is 5.26 Å². The van der Waals surface area contributed by atoms with Crippen LogP contribution in [0.15, 0.2) is 18.2 Å². The molecule has 2 atom stereocenters. The van der Waals surface area contributed by atoms with Crippen molar-refractivity contribution in [3.8, 4) is 6.07 Å². The lowest BCUT2D eigenvalue weighted by atomic mass is 9.85. The zero-order valence-electron chi connectivity index (χ0n) is 11.2. The van der Waals surface area contributed by atoms with Gasteiger partial charge < -0.3 is 10.6 Å². The summed E-state index contributed by atoms with van der Waals surface area (Å²) in [5, 5.41) is 8.90. The molecule has 3 heteroatoms. The monoisotopic (exact) mass is 243 g/mol. The smallest absolute Gasteiger partial charge is 0.101 e. The first kappa shape index (κ1) is 12.8. The zero-order valence-corrected chi connectivity index (χ0v) is 11.2. The van der Waals surface area contributed by atoms with Gasteiger partial charge in [-0.15, -0.1) is 0 Å². The normalized spacial score (nSPS) is 23.4. The average Bonchev–Trinajstić information content (AvgIpc) is 2.38. The van der Waals surface area contributed by atoms with Crippen molar-refractivity contribution in [3.05, 3.63) is 23.8 Å². The lowest BCUT2D eigenvalue weighted by Gasteiger charge is -2.37. The Labute approximate surface area is 109 Å². The molecule has 2 N–H and O–H groups in total. The number of rotatable bonds is 2. The number of nitrogen functional groups attached to an aromatic ring is 1. The highest BCUT2D eigenvalue weighted by Gasteiger charge is 2.25. The van der Waals surface area contributed by atoms with Crippen LogP contribution in [0.4, 0.5) is 11.4 Å². The van der Waals surface area contributed by atoms with E-state index in [4.69, 9.17) is 11.0 Å². The molecule has 96 valence electrons. The summed E-state index contributed by atoms with van der Waals surface area (Å²) >= 11 is 0. The molecule has 0 amide bonds. The van der Waals surface area contributed by atoms with Crippen molar-refractivity contribution >= 4 is 11.4 Å². The summed E-state index contributed by atoms with van der Waals surface area (Å²) in [6, 6.07) is 8.42. The van der Waals surface area contributed by atoms with Crippen LogP contribution in [0.1, 0.15) is 38.2 Å². The Balaban J connectivity index is 2.20. The van der Waals surface area contributed by atoms with Crippen molar-refractivity contribution in [1.82, 2.24) is 0 Å². The molecule has 18 heavy (non-hydrogen) atoms. The van der Waals surface area contributed by atoms with E-state index in [-0.39, 0.29) is 0 Å². The fourth-order valence-corrected chi connectivity index (χ4v) is 2.93.